The predicted octanol–water partition coefficient (Wildman–Crippen LogP) is 3.14. The van der Waals surface area contributed by atoms with Crippen LogP contribution < -0.4 is 15.4 Å². The molecule has 172 valence electrons. The van der Waals surface area contributed by atoms with Gasteiger partial charge in [0.15, 0.2) is 6.61 Å². The number of alkyl halides is 2. The van der Waals surface area contributed by atoms with Crippen molar-refractivity contribution in [2.75, 3.05) is 17.2 Å². The van der Waals surface area contributed by atoms with Crippen LogP contribution in [0.15, 0.2) is 18.7 Å². The average molecular weight is 447 g/mol. The minimum Gasteiger partial charge on any atom is -0.471 e. The number of anilines is 2. The van der Waals surface area contributed by atoms with Crippen LogP contribution in [-0.4, -0.2) is 49.7 Å². The number of hydrogen-bond acceptors (Lipinski definition) is 9. The number of ether oxygens (including phenoxy) is 1. The number of nitrogens with zero attached hydrogens (tertiary/aromatic N) is 5. The van der Waals surface area contributed by atoms with E-state index in [2.05, 4.69) is 36.6 Å². The van der Waals surface area contributed by atoms with Crippen LogP contribution >= 0.6 is 0 Å². The lowest BCUT2D eigenvalue weighted by Gasteiger charge is -2.43. The number of aliphatic hydroxyl groups excluding tert-OH is 1. The van der Waals surface area contributed by atoms with Crippen LogP contribution in [0.1, 0.15) is 51.2 Å². The summed E-state index contributed by atoms with van der Waals surface area (Å²) in [6.07, 6.45) is 6.07. The summed E-state index contributed by atoms with van der Waals surface area (Å²) in [7, 11) is 0. The van der Waals surface area contributed by atoms with Gasteiger partial charge in [-0.3, -0.25) is 0 Å². The van der Waals surface area contributed by atoms with Crippen molar-refractivity contribution in [1.82, 2.24) is 19.9 Å². The van der Waals surface area contributed by atoms with Gasteiger partial charge in [-0.15, -0.1) is 0 Å². The Hall–Kier alpha value is -3.13. The molecule has 9 nitrogen and oxygen atoms in total. The van der Waals surface area contributed by atoms with E-state index in [1.165, 1.54) is 18.7 Å². The molecule has 3 rings (SSSR count). The first-order valence-electron chi connectivity index (χ1n) is 10.4. The highest BCUT2D eigenvalue weighted by atomic mass is 19.3. The minimum absolute atomic E-state index is 0.0407. The summed E-state index contributed by atoms with van der Waals surface area (Å²) < 4.78 is 31.4. The molecule has 0 aliphatic heterocycles. The molecule has 2 heterocycles. The maximum Gasteiger partial charge on any atom is 0.278 e. The Morgan fingerprint density at radius 3 is 2.81 bits per heavy atom. The third-order valence-corrected chi connectivity index (χ3v) is 5.59. The number of aliphatic hydroxyl groups is 1. The highest BCUT2D eigenvalue weighted by Crippen LogP contribution is 2.37. The largest absolute Gasteiger partial charge is 0.471 e. The van der Waals surface area contributed by atoms with Gasteiger partial charge in [-0.05, 0) is 19.3 Å². The summed E-state index contributed by atoms with van der Waals surface area (Å²) >= 11 is 0. The molecule has 2 aromatic heterocycles. The molecule has 0 saturated heterocycles. The number of aromatic nitrogens is 4. The van der Waals surface area contributed by atoms with Gasteiger partial charge in [0.25, 0.3) is 5.92 Å². The van der Waals surface area contributed by atoms with E-state index in [1.54, 1.807) is 0 Å². The molecule has 2 atom stereocenters. The first-order chi connectivity index (χ1) is 15.1. The van der Waals surface area contributed by atoms with E-state index < -0.39 is 24.0 Å². The topological polar surface area (TPSA) is 129 Å². The standard InChI is InChI=1S/C21H27F2N7O2/c1-20(2)15(5-4-6-16(20)31)29-17-13(7-24)9-26-19(30-17)27-10-14-8-25-12-28-18(14)32-11-21(3,22)23/h8-9,12,15-16,31H,4-6,10-11H2,1-3H3,(H2,26,27,29,30)/t15-,16+/m0/s1. The van der Waals surface area contributed by atoms with Crippen molar-refractivity contribution in [3.63, 3.8) is 0 Å². The second-order valence-corrected chi connectivity index (χ2v) is 8.60. The Kier molecular flexibility index (Phi) is 7.03. The van der Waals surface area contributed by atoms with E-state index in [1.807, 2.05) is 13.8 Å². The number of halogens is 2. The fraction of sp³-hybridized carbons (Fsp3) is 0.571. The zero-order valence-electron chi connectivity index (χ0n) is 18.3. The molecule has 1 aliphatic carbocycles. The maximum absolute atomic E-state index is 13.1. The molecule has 0 bridgehead atoms. The summed E-state index contributed by atoms with van der Waals surface area (Å²) in [6, 6.07) is 2.01. The molecule has 0 aromatic carbocycles. The molecule has 1 saturated carbocycles. The zero-order chi connectivity index (χ0) is 23.4. The first kappa shape index (κ1) is 23.5. The quantitative estimate of drug-likeness (QED) is 0.559. The zero-order valence-corrected chi connectivity index (χ0v) is 18.3. The third-order valence-electron chi connectivity index (χ3n) is 5.59. The molecule has 0 unspecified atom stereocenters. The maximum atomic E-state index is 13.1. The second-order valence-electron chi connectivity index (χ2n) is 8.60. The molecule has 11 heteroatoms. The van der Waals surface area contributed by atoms with Crippen molar-refractivity contribution in [1.29, 1.82) is 5.26 Å². The van der Waals surface area contributed by atoms with Crippen LogP contribution in [0.3, 0.4) is 0 Å². The molecule has 1 aliphatic rings. The fourth-order valence-corrected chi connectivity index (χ4v) is 3.54. The smallest absolute Gasteiger partial charge is 0.278 e. The second kappa shape index (κ2) is 9.56. The molecule has 0 spiro atoms. The van der Waals surface area contributed by atoms with Gasteiger partial charge in [0.2, 0.25) is 11.8 Å². The van der Waals surface area contributed by atoms with Gasteiger partial charge >= 0.3 is 0 Å². The molecule has 1 fully saturated rings. The minimum atomic E-state index is -2.99. The average Bonchev–Trinajstić information content (AvgIpc) is 2.74. The van der Waals surface area contributed by atoms with E-state index in [4.69, 9.17) is 4.74 Å². The summed E-state index contributed by atoms with van der Waals surface area (Å²) in [4.78, 5) is 16.4. The first-order valence-corrected chi connectivity index (χ1v) is 10.4. The van der Waals surface area contributed by atoms with Gasteiger partial charge in [-0.25, -0.2) is 23.7 Å². The van der Waals surface area contributed by atoms with Crippen molar-refractivity contribution in [3.8, 4) is 11.9 Å². The lowest BCUT2D eigenvalue weighted by atomic mass is 9.71. The summed E-state index contributed by atoms with van der Waals surface area (Å²) in [5.74, 6) is -2.36. The molecule has 32 heavy (non-hydrogen) atoms. The molecular formula is C21H27F2N7O2. The lowest BCUT2D eigenvalue weighted by Crippen LogP contribution is -2.48. The Balaban J connectivity index is 1.74. The number of rotatable bonds is 8. The van der Waals surface area contributed by atoms with Gasteiger partial charge in [0, 0.05) is 31.1 Å². The summed E-state index contributed by atoms with van der Waals surface area (Å²) in [5, 5.41) is 26.1. The van der Waals surface area contributed by atoms with Crippen molar-refractivity contribution in [2.45, 2.75) is 64.6 Å². The van der Waals surface area contributed by atoms with E-state index in [-0.39, 0.29) is 30.0 Å². The normalized spacial score (nSPS) is 20.3. The van der Waals surface area contributed by atoms with Crippen molar-refractivity contribution >= 4 is 11.8 Å². The fourth-order valence-electron chi connectivity index (χ4n) is 3.54. The van der Waals surface area contributed by atoms with Gasteiger partial charge in [0.05, 0.1) is 17.9 Å². The number of nitriles is 1. The Morgan fingerprint density at radius 1 is 1.31 bits per heavy atom. The summed E-state index contributed by atoms with van der Waals surface area (Å²) in [6.45, 7) is 4.05. The van der Waals surface area contributed by atoms with Gasteiger partial charge in [0.1, 0.15) is 23.8 Å². The Bertz CT molecular complexity index is 975. The molecule has 0 amide bonds. The van der Waals surface area contributed by atoms with Crippen LogP contribution in [0.25, 0.3) is 0 Å². The van der Waals surface area contributed by atoms with Crippen LogP contribution in [0.5, 0.6) is 5.88 Å². The Morgan fingerprint density at radius 2 is 2.09 bits per heavy atom. The predicted molar refractivity (Wildman–Crippen MR) is 113 cm³/mol. The van der Waals surface area contributed by atoms with Crippen molar-refractivity contribution in [3.05, 3.63) is 29.8 Å². The van der Waals surface area contributed by atoms with Gasteiger partial charge < -0.3 is 20.5 Å². The van der Waals surface area contributed by atoms with E-state index in [0.29, 0.717) is 11.4 Å². The molecular weight excluding hydrogens is 420 g/mol. The number of hydrogen-bond donors (Lipinski definition) is 3. The third kappa shape index (κ3) is 5.76. The monoisotopic (exact) mass is 447 g/mol. The van der Waals surface area contributed by atoms with Crippen LogP contribution in [0, 0.1) is 16.7 Å². The SMILES string of the molecule is CC(F)(F)COc1ncncc1CNc1ncc(C#N)c(N[C@H]2CCC[C@@H](O)C2(C)C)n1. The van der Waals surface area contributed by atoms with E-state index in [9.17, 15) is 19.1 Å². The molecule has 3 N–H and O–H groups in total. The summed E-state index contributed by atoms with van der Waals surface area (Å²) in [5.41, 5.74) is 0.345. The molecule has 2 aromatic rings. The van der Waals surface area contributed by atoms with Crippen LogP contribution in [0.2, 0.25) is 0 Å². The number of nitrogens with one attached hydrogen (secondary N) is 2. The van der Waals surface area contributed by atoms with Crippen LogP contribution in [-0.2, 0) is 6.54 Å². The van der Waals surface area contributed by atoms with E-state index >= 15 is 0 Å². The van der Waals surface area contributed by atoms with Crippen molar-refractivity contribution in [2.24, 2.45) is 5.41 Å². The Labute approximate surface area is 185 Å². The molecule has 0 radical (unpaired) electrons. The van der Waals surface area contributed by atoms with E-state index in [0.717, 1.165) is 26.2 Å². The van der Waals surface area contributed by atoms with Crippen molar-refractivity contribution < 1.29 is 18.6 Å². The van der Waals surface area contributed by atoms with Crippen LogP contribution in [0.4, 0.5) is 20.5 Å². The van der Waals surface area contributed by atoms with Gasteiger partial charge in [-0.1, -0.05) is 13.8 Å². The van der Waals surface area contributed by atoms with Gasteiger partial charge in [-0.2, -0.15) is 10.2 Å². The lowest BCUT2D eigenvalue weighted by molar-refractivity contribution is -0.0245. The highest BCUT2D eigenvalue weighted by molar-refractivity contribution is 5.54. The highest BCUT2D eigenvalue weighted by Gasteiger charge is 2.39.